The van der Waals surface area contributed by atoms with Gasteiger partial charge in [0.2, 0.25) is 5.91 Å². The van der Waals surface area contributed by atoms with Gasteiger partial charge in [0.05, 0.1) is 0 Å². The first kappa shape index (κ1) is 18.2. The van der Waals surface area contributed by atoms with Gasteiger partial charge in [-0.3, -0.25) is 4.79 Å². The average Bonchev–Trinajstić information content (AvgIpc) is 2.51. The fourth-order valence-corrected chi connectivity index (χ4v) is 3.27. The average molecular weight is 361 g/mol. The summed E-state index contributed by atoms with van der Waals surface area (Å²) in [5, 5.41) is 8.56. The third kappa shape index (κ3) is 5.74. The van der Waals surface area contributed by atoms with E-state index in [4.69, 9.17) is 16.7 Å². The van der Waals surface area contributed by atoms with Crippen LogP contribution in [0.2, 0.25) is 5.02 Å². The van der Waals surface area contributed by atoms with Crippen molar-refractivity contribution in [2.75, 3.05) is 32.7 Å². The minimum absolute atomic E-state index is 0.0567. The molecule has 0 atom stereocenters. The van der Waals surface area contributed by atoms with E-state index >= 15 is 0 Å². The summed E-state index contributed by atoms with van der Waals surface area (Å²) >= 11 is 6.03. The third-order valence-electron chi connectivity index (χ3n) is 3.78. The van der Waals surface area contributed by atoms with Crippen molar-refractivity contribution in [3.05, 3.63) is 34.9 Å². The van der Waals surface area contributed by atoms with Crippen LogP contribution in [-0.4, -0.2) is 56.3 Å². The van der Waals surface area contributed by atoms with E-state index in [0.29, 0.717) is 50.7 Å². The highest BCUT2D eigenvalue weighted by atomic mass is 35.5. The second-order valence-corrected chi connectivity index (χ2v) is 7.36. The number of amides is 1. The molecule has 23 heavy (non-hydrogen) atoms. The Bertz CT molecular complexity index is 645. The molecule has 0 spiro atoms. The van der Waals surface area contributed by atoms with Crippen LogP contribution in [0.3, 0.4) is 0 Å². The van der Waals surface area contributed by atoms with Crippen LogP contribution in [0.4, 0.5) is 0 Å². The predicted molar refractivity (Wildman–Crippen MR) is 89.0 cm³/mol. The Morgan fingerprint density at radius 1 is 1.22 bits per heavy atom. The number of piperazine rings is 1. The molecular weight excluding hydrogens is 340 g/mol. The molecule has 0 radical (unpaired) electrons. The van der Waals surface area contributed by atoms with Crippen LogP contribution in [0.15, 0.2) is 24.3 Å². The Morgan fingerprint density at radius 2 is 1.87 bits per heavy atom. The molecule has 0 saturated carbocycles. The molecule has 2 rings (SSSR count). The van der Waals surface area contributed by atoms with Crippen LogP contribution in [0, 0.1) is 0 Å². The second-order valence-electron chi connectivity index (χ2n) is 5.40. The number of benzene rings is 1. The Morgan fingerprint density at radius 3 is 2.48 bits per heavy atom. The van der Waals surface area contributed by atoms with E-state index in [1.165, 1.54) is 4.31 Å². The molecule has 1 saturated heterocycles. The highest BCUT2D eigenvalue weighted by Crippen LogP contribution is 2.14. The molecule has 9 heteroatoms. The minimum Gasteiger partial charge on any atom is -0.352 e. The largest absolute Gasteiger partial charge is 0.352 e. The Balaban J connectivity index is 1.69. The van der Waals surface area contributed by atoms with Crippen LogP contribution >= 0.6 is 11.6 Å². The van der Waals surface area contributed by atoms with Gasteiger partial charge in [-0.2, -0.15) is 12.7 Å². The molecule has 1 amide bonds. The van der Waals surface area contributed by atoms with Crippen molar-refractivity contribution in [2.24, 2.45) is 5.14 Å². The fourth-order valence-electron chi connectivity index (χ4n) is 2.39. The first-order chi connectivity index (χ1) is 10.9. The summed E-state index contributed by atoms with van der Waals surface area (Å²) in [5.74, 6) is -0.0567. The fraction of sp³-hybridized carbons (Fsp3) is 0.500. The molecular formula is C14H21ClN4O3S. The van der Waals surface area contributed by atoms with E-state index in [-0.39, 0.29) is 5.91 Å². The minimum atomic E-state index is -3.61. The van der Waals surface area contributed by atoms with Gasteiger partial charge in [-0.1, -0.05) is 29.8 Å². The number of nitrogens with zero attached hydrogens (tertiary/aromatic N) is 2. The quantitative estimate of drug-likeness (QED) is 0.755. The van der Waals surface area contributed by atoms with Crippen LogP contribution in [-0.2, 0) is 21.5 Å². The maximum atomic E-state index is 11.9. The molecule has 1 aliphatic rings. The van der Waals surface area contributed by atoms with E-state index in [9.17, 15) is 13.2 Å². The maximum absolute atomic E-state index is 11.9. The lowest BCUT2D eigenvalue weighted by Gasteiger charge is -2.32. The number of nitrogens with two attached hydrogens (primary N) is 1. The standard InChI is InChI=1S/C14H21ClN4O3S/c15-13-4-2-1-3-12(13)11-17-14(20)5-6-18-7-9-19(10-8-18)23(16,21)22/h1-4H,5-11H2,(H,17,20)(H2,16,21,22). The summed E-state index contributed by atoms with van der Waals surface area (Å²) in [7, 11) is -3.61. The zero-order chi connectivity index (χ0) is 16.9. The number of hydrogen-bond acceptors (Lipinski definition) is 4. The van der Waals surface area contributed by atoms with Gasteiger partial charge in [-0.25, -0.2) is 5.14 Å². The van der Waals surface area contributed by atoms with Crippen molar-refractivity contribution < 1.29 is 13.2 Å². The Labute approximate surface area is 141 Å². The van der Waals surface area contributed by atoms with Gasteiger partial charge in [-0.05, 0) is 11.6 Å². The topological polar surface area (TPSA) is 95.7 Å². The highest BCUT2D eigenvalue weighted by Gasteiger charge is 2.23. The number of nitrogens with one attached hydrogen (secondary N) is 1. The van der Waals surface area contributed by atoms with Crippen molar-refractivity contribution in [1.82, 2.24) is 14.5 Å². The molecule has 1 aromatic carbocycles. The molecule has 1 aliphatic heterocycles. The van der Waals surface area contributed by atoms with Gasteiger partial charge in [0.1, 0.15) is 0 Å². The highest BCUT2D eigenvalue weighted by molar-refractivity contribution is 7.86. The Kier molecular flexibility index (Phi) is 6.37. The molecule has 1 fully saturated rings. The van der Waals surface area contributed by atoms with Gasteiger partial charge in [0.25, 0.3) is 10.2 Å². The molecule has 128 valence electrons. The maximum Gasteiger partial charge on any atom is 0.276 e. The van der Waals surface area contributed by atoms with E-state index in [1.807, 2.05) is 18.2 Å². The first-order valence-electron chi connectivity index (χ1n) is 7.36. The van der Waals surface area contributed by atoms with Crippen molar-refractivity contribution in [3.8, 4) is 0 Å². The number of halogens is 1. The van der Waals surface area contributed by atoms with Crippen LogP contribution in [0.5, 0.6) is 0 Å². The summed E-state index contributed by atoms with van der Waals surface area (Å²) in [6.45, 7) is 2.87. The monoisotopic (exact) mass is 360 g/mol. The zero-order valence-corrected chi connectivity index (χ0v) is 14.3. The molecule has 0 aliphatic carbocycles. The molecule has 3 N–H and O–H groups in total. The van der Waals surface area contributed by atoms with Crippen LogP contribution in [0.25, 0.3) is 0 Å². The summed E-state index contributed by atoms with van der Waals surface area (Å²) in [5.41, 5.74) is 0.879. The lowest BCUT2D eigenvalue weighted by atomic mass is 10.2. The van der Waals surface area contributed by atoms with Crippen LogP contribution < -0.4 is 10.5 Å². The third-order valence-corrected chi connectivity index (χ3v) is 5.23. The second kappa shape index (κ2) is 8.07. The molecule has 0 aromatic heterocycles. The van der Waals surface area contributed by atoms with E-state index in [1.54, 1.807) is 6.07 Å². The number of rotatable bonds is 6. The lowest BCUT2D eigenvalue weighted by molar-refractivity contribution is -0.121. The predicted octanol–water partition coefficient (Wildman–Crippen LogP) is 0.167. The number of carbonyl (C=O) groups excluding carboxylic acids is 1. The zero-order valence-electron chi connectivity index (χ0n) is 12.7. The van der Waals surface area contributed by atoms with E-state index < -0.39 is 10.2 Å². The molecule has 0 bridgehead atoms. The number of carbonyl (C=O) groups is 1. The first-order valence-corrected chi connectivity index (χ1v) is 9.25. The van der Waals surface area contributed by atoms with Gasteiger partial charge >= 0.3 is 0 Å². The van der Waals surface area contributed by atoms with Crippen molar-refractivity contribution >= 4 is 27.7 Å². The summed E-state index contributed by atoms with van der Waals surface area (Å²) in [6.07, 6.45) is 0.361. The lowest BCUT2D eigenvalue weighted by Crippen LogP contribution is -2.51. The summed E-state index contributed by atoms with van der Waals surface area (Å²) in [6, 6.07) is 7.37. The molecule has 7 nitrogen and oxygen atoms in total. The van der Waals surface area contributed by atoms with Gasteiger partial charge in [0.15, 0.2) is 0 Å². The molecule has 0 unspecified atom stereocenters. The Hall–Kier alpha value is -1.19. The van der Waals surface area contributed by atoms with Crippen molar-refractivity contribution in [3.63, 3.8) is 0 Å². The van der Waals surface area contributed by atoms with Crippen molar-refractivity contribution in [1.29, 1.82) is 0 Å². The van der Waals surface area contributed by atoms with Gasteiger partial charge < -0.3 is 10.2 Å². The summed E-state index contributed by atoms with van der Waals surface area (Å²) in [4.78, 5) is 13.9. The van der Waals surface area contributed by atoms with Gasteiger partial charge in [0, 0.05) is 50.7 Å². The van der Waals surface area contributed by atoms with Crippen LogP contribution in [0.1, 0.15) is 12.0 Å². The SMILES string of the molecule is NS(=O)(=O)N1CCN(CCC(=O)NCc2ccccc2Cl)CC1. The molecule has 1 aromatic rings. The van der Waals surface area contributed by atoms with Crippen molar-refractivity contribution in [2.45, 2.75) is 13.0 Å². The van der Waals surface area contributed by atoms with E-state index in [0.717, 1.165) is 5.56 Å². The van der Waals surface area contributed by atoms with E-state index in [2.05, 4.69) is 10.2 Å². The smallest absolute Gasteiger partial charge is 0.276 e. The number of hydrogen-bond donors (Lipinski definition) is 2. The summed E-state index contributed by atoms with van der Waals surface area (Å²) < 4.78 is 23.7. The van der Waals surface area contributed by atoms with Gasteiger partial charge in [-0.15, -0.1) is 0 Å². The normalized spacial score (nSPS) is 17.1. The molecule has 1 heterocycles.